The molecule has 4 saturated heterocycles. The SMILES string of the molecule is C.C.CC.CC.CC(=O)N1CCCC1.CC(=O)N1CCCCC1.CC(=O)N1CCN(C)CC1.CC(=O)N=CC1CCN(C)CC1. The fraction of sp³-hybridized carbons (Fsp3) is 0.857. The predicted molar refractivity (Wildman–Crippen MR) is 193 cm³/mol. The van der Waals surface area contributed by atoms with E-state index >= 15 is 0 Å². The van der Waals surface area contributed by atoms with Crippen molar-refractivity contribution in [2.45, 2.75) is 115 Å². The highest BCUT2D eigenvalue weighted by atomic mass is 16.2. The van der Waals surface area contributed by atoms with Crippen LogP contribution in [-0.4, -0.2) is 134 Å². The molecule has 0 aromatic carbocycles. The van der Waals surface area contributed by atoms with Crippen LogP contribution in [0.5, 0.6) is 0 Å². The second kappa shape index (κ2) is 31.6. The van der Waals surface area contributed by atoms with Gasteiger partial charge in [0.15, 0.2) is 0 Å². The number of aliphatic imine (C=N–C) groups is 1. The Labute approximate surface area is 279 Å². The lowest BCUT2D eigenvalue weighted by molar-refractivity contribution is -0.130. The molecule has 10 nitrogen and oxygen atoms in total. The van der Waals surface area contributed by atoms with E-state index in [1.807, 2.05) is 48.6 Å². The van der Waals surface area contributed by atoms with Gasteiger partial charge in [-0.1, -0.05) is 42.5 Å². The van der Waals surface area contributed by atoms with Crippen molar-refractivity contribution in [1.82, 2.24) is 24.5 Å². The van der Waals surface area contributed by atoms with Crippen LogP contribution in [0.1, 0.15) is 115 Å². The number of amides is 4. The van der Waals surface area contributed by atoms with Crippen molar-refractivity contribution in [3.8, 4) is 0 Å². The average molecular weight is 643 g/mol. The third-order valence-electron chi connectivity index (χ3n) is 7.53. The lowest BCUT2D eigenvalue weighted by atomic mass is 9.99. The highest BCUT2D eigenvalue weighted by molar-refractivity contribution is 5.83. The summed E-state index contributed by atoms with van der Waals surface area (Å²) < 4.78 is 0. The Bertz CT molecular complexity index is 764. The van der Waals surface area contributed by atoms with E-state index in [1.165, 1.54) is 39.0 Å². The maximum Gasteiger partial charge on any atom is 0.242 e. The number of hydrogen-bond acceptors (Lipinski definition) is 6. The number of carbonyl (C=O) groups is 4. The number of hydrogen-bond donors (Lipinski definition) is 0. The fourth-order valence-electron chi connectivity index (χ4n) is 4.75. The molecule has 4 aliphatic rings. The summed E-state index contributed by atoms with van der Waals surface area (Å²) in [6, 6.07) is 0. The molecule has 0 radical (unpaired) electrons. The smallest absolute Gasteiger partial charge is 0.242 e. The summed E-state index contributed by atoms with van der Waals surface area (Å²) in [7, 11) is 4.20. The summed E-state index contributed by atoms with van der Waals surface area (Å²) in [5.41, 5.74) is 0. The zero-order valence-electron chi connectivity index (χ0n) is 29.5. The molecule has 0 unspecified atom stereocenters. The van der Waals surface area contributed by atoms with Gasteiger partial charge >= 0.3 is 0 Å². The molecule has 0 aromatic rings. The number of carbonyl (C=O) groups excluding carboxylic acids is 4. The van der Waals surface area contributed by atoms with E-state index in [9.17, 15) is 19.2 Å². The third-order valence-corrected chi connectivity index (χ3v) is 7.53. The second-order valence-electron chi connectivity index (χ2n) is 11.0. The second-order valence-corrected chi connectivity index (χ2v) is 11.0. The summed E-state index contributed by atoms with van der Waals surface area (Å²) >= 11 is 0. The molecular weight excluding hydrogens is 568 g/mol. The van der Waals surface area contributed by atoms with Gasteiger partial charge in [0, 0.05) is 86.3 Å². The first kappa shape index (κ1) is 49.5. The molecule has 0 saturated carbocycles. The van der Waals surface area contributed by atoms with Gasteiger partial charge in [0.05, 0.1) is 0 Å². The molecule has 0 atom stereocenters. The molecule has 4 fully saturated rings. The first-order chi connectivity index (χ1) is 20.5. The fourth-order valence-corrected chi connectivity index (χ4v) is 4.75. The third kappa shape index (κ3) is 26.6. The highest BCUT2D eigenvalue weighted by Gasteiger charge is 2.16. The van der Waals surface area contributed by atoms with Crippen LogP contribution in [0.4, 0.5) is 0 Å². The topological polar surface area (TPSA) is 96.8 Å². The Hall–Kier alpha value is -2.33. The number of nitrogens with zero attached hydrogens (tertiary/aromatic N) is 6. The molecule has 4 heterocycles. The summed E-state index contributed by atoms with van der Waals surface area (Å²) in [6.45, 7) is 24.4. The van der Waals surface area contributed by atoms with E-state index in [0.717, 1.165) is 78.3 Å². The lowest BCUT2D eigenvalue weighted by Gasteiger charge is -2.31. The van der Waals surface area contributed by atoms with Crippen LogP contribution in [0, 0.1) is 5.92 Å². The molecule has 0 aliphatic carbocycles. The maximum atomic E-state index is 10.8. The van der Waals surface area contributed by atoms with Gasteiger partial charge in [-0.05, 0) is 78.0 Å². The van der Waals surface area contributed by atoms with E-state index in [0.29, 0.717) is 5.92 Å². The molecule has 45 heavy (non-hydrogen) atoms. The van der Waals surface area contributed by atoms with E-state index in [4.69, 9.17) is 0 Å². The van der Waals surface area contributed by atoms with Crippen LogP contribution >= 0.6 is 0 Å². The number of likely N-dealkylation sites (tertiary alicyclic amines) is 3. The number of likely N-dealkylation sites (N-methyl/N-ethyl adjacent to an activating group) is 1. The van der Waals surface area contributed by atoms with Crippen LogP contribution in [-0.2, 0) is 19.2 Å². The summed E-state index contributed by atoms with van der Waals surface area (Å²) in [6.07, 6.45) is 10.2. The standard InChI is InChI=1S/C9H16N2O.C7H14N2O.C7H13NO.C6H11NO.2C2H6.2CH4/c1-8(12)10-7-9-3-5-11(2)6-4-9;1-7(10)9-5-3-8(2)4-6-9;1-7(9)8-5-3-2-4-6-8;1-6(8)7-4-2-3-5-7;2*1-2;;/h7,9H,3-6H2,1-2H3;3-6H2,1-2H3;2-6H2,1H3;2-5H2,1H3;2*1-2H3;2*1H4. The minimum Gasteiger partial charge on any atom is -0.343 e. The predicted octanol–water partition coefficient (Wildman–Crippen LogP) is 5.70. The first-order valence-electron chi connectivity index (χ1n) is 16.7. The largest absolute Gasteiger partial charge is 0.343 e. The molecule has 4 aliphatic heterocycles. The molecule has 4 amide bonds. The Balaban J connectivity index is -0.000000238. The van der Waals surface area contributed by atoms with E-state index in [-0.39, 0.29) is 38.5 Å². The van der Waals surface area contributed by atoms with Gasteiger partial charge in [0.2, 0.25) is 23.6 Å². The quantitative estimate of drug-likeness (QED) is 0.341. The van der Waals surface area contributed by atoms with E-state index < -0.39 is 0 Å². The van der Waals surface area contributed by atoms with Crippen molar-refractivity contribution >= 4 is 29.8 Å². The molecule has 0 spiro atoms. The van der Waals surface area contributed by atoms with Crippen molar-refractivity contribution in [3.05, 3.63) is 0 Å². The molecular formula is C35H74N6O4. The van der Waals surface area contributed by atoms with Crippen molar-refractivity contribution in [2.75, 3.05) is 79.5 Å². The Morgan fingerprint density at radius 3 is 1.13 bits per heavy atom. The Morgan fingerprint density at radius 1 is 0.511 bits per heavy atom. The molecule has 0 aromatic heterocycles. The van der Waals surface area contributed by atoms with Crippen LogP contribution in [0.3, 0.4) is 0 Å². The van der Waals surface area contributed by atoms with Crippen LogP contribution < -0.4 is 0 Å². The number of piperazine rings is 1. The van der Waals surface area contributed by atoms with Crippen molar-refractivity contribution < 1.29 is 19.2 Å². The van der Waals surface area contributed by atoms with Gasteiger partial charge in [0.25, 0.3) is 0 Å². The van der Waals surface area contributed by atoms with Crippen molar-refractivity contribution in [3.63, 3.8) is 0 Å². The van der Waals surface area contributed by atoms with Crippen LogP contribution in [0.15, 0.2) is 4.99 Å². The van der Waals surface area contributed by atoms with Gasteiger partial charge in [-0.15, -0.1) is 0 Å². The van der Waals surface area contributed by atoms with Crippen LogP contribution in [0.2, 0.25) is 0 Å². The summed E-state index contributed by atoms with van der Waals surface area (Å²) in [5, 5.41) is 0. The van der Waals surface area contributed by atoms with Gasteiger partial charge in [-0.3, -0.25) is 19.2 Å². The number of piperidine rings is 2. The van der Waals surface area contributed by atoms with E-state index in [2.05, 4.69) is 28.9 Å². The monoisotopic (exact) mass is 643 g/mol. The van der Waals surface area contributed by atoms with Gasteiger partial charge in [-0.25, -0.2) is 4.99 Å². The van der Waals surface area contributed by atoms with Gasteiger partial charge in [0.1, 0.15) is 0 Å². The Morgan fingerprint density at radius 2 is 0.822 bits per heavy atom. The minimum atomic E-state index is -0.0890. The highest BCUT2D eigenvalue weighted by Crippen LogP contribution is 2.13. The van der Waals surface area contributed by atoms with Gasteiger partial charge in [-0.2, -0.15) is 0 Å². The lowest BCUT2D eigenvalue weighted by Crippen LogP contribution is -2.46. The molecule has 0 bridgehead atoms. The number of rotatable bonds is 1. The van der Waals surface area contributed by atoms with Crippen molar-refractivity contribution in [1.29, 1.82) is 0 Å². The van der Waals surface area contributed by atoms with Crippen molar-refractivity contribution in [2.24, 2.45) is 10.9 Å². The Kier molecular flexibility index (Phi) is 34.8. The normalized spacial score (nSPS) is 18.2. The molecule has 4 rings (SSSR count). The average Bonchev–Trinajstić information content (AvgIpc) is 3.57. The minimum absolute atomic E-state index is 0. The van der Waals surface area contributed by atoms with E-state index in [1.54, 1.807) is 20.8 Å². The van der Waals surface area contributed by atoms with Crippen LogP contribution in [0.25, 0.3) is 0 Å². The maximum absolute atomic E-state index is 10.8. The zero-order chi connectivity index (χ0) is 33.2. The van der Waals surface area contributed by atoms with Gasteiger partial charge < -0.3 is 24.5 Å². The summed E-state index contributed by atoms with van der Waals surface area (Å²) in [5.74, 6) is 1.09. The first-order valence-corrected chi connectivity index (χ1v) is 16.7. The summed E-state index contributed by atoms with van der Waals surface area (Å²) in [4.78, 5) is 56.7. The molecule has 268 valence electrons. The zero-order valence-corrected chi connectivity index (χ0v) is 29.5. The molecule has 0 N–H and O–H groups in total. The molecule has 10 heteroatoms.